The van der Waals surface area contributed by atoms with Crippen LogP contribution in [0.15, 0.2) is 48.5 Å². The Morgan fingerprint density at radius 1 is 1.00 bits per heavy atom. The number of likely N-dealkylation sites (N-methyl/N-ethyl adjacent to an activating group) is 1. The van der Waals surface area contributed by atoms with Crippen LogP contribution in [0.3, 0.4) is 0 Å². The zero-order valence-electron chi connectivity index (χ0n) is 20.6. The molecule has 4 nitrogen and oxygen atoms in total. The number of nitrogens with one attached hydrogen (secondary N) is 1. The second-order valence-corrected chi connectivity index (χ2v) is 7.19. The van der Waals surface area contributed by atoms with E-state index in [0.717, 1.165) is 31.0 Å². The molecule has 1 fully saturated rings. The van der Waals surface area contributed by atoms with Crippen molar-refractivity contribution in [2.24, 2.45) is 0 Å². The third-order valence-corrected chi connectivity index (χ3v) is 5.05. The number of hydrogen-bond acceptors (Lipinski definition) is 4. The number of anilines is 2. The quantitative estimate of drug-likeness (QED) is 0.607. The number of allylic oxidation sites excluding steroid dienone is 1. The molecule has 1 heterocycles. The van der Waals surface area contributed by atoms with Gasteiger partial charge in [-0.25, -0.2) is 10.0 Å². The summed E-state index contributed by atoms with van der Waals surface area (Å²) >= 11 is 0. The van der Waals surface area contributed by atoms with E-state index in [-0.39, 0.29) is 0 Å². The first-order valence-corrected chi connectivity index (χ1v) is 11.2. The van der Waals surface area contributed by atoms with Gasteiger partial charge in [-0.15, -0.1) is 0 Å². The van der Waals surface area contributed by atoms with Crippen LogP contribution in [0.1, 0.15) is 51.3 Å². The van der Waals surface area contributed by atoms with Crippen LogP contribution in [0.25, 0.3) is 5.70 Å². The summed E-state index contributed by atoms with van der Waals surface area (Å²) in [6, 6.07) is 15.4. The molecule has 0 aliphatic carbocycles. The van der Waals surface area contributed by atoms with Gasteiger partial charge in [0.15, 0.2) is 0 Å². The van der Waals surface area contributed by atoms with E-state index >= 15 is 0 Å². The Morgan fingerprint density at radius 2 is 1.63 bits per heavy atom. The minimum Gasteiger partial charge on any atom is -0.377 e. The van der Waals surface area contributed by atoms with Gasteiger partial charge in [0.05, 0.1) is 0 Å². The molecular formula is C26H42N4. The summed E-state index contributed by atoms with van der Waals surface area (Å²) in [4.78, 5) is 2.15. The summed E-state index contributed by atoms with van der Waals surface area (Å²) in [6.45, 7) is 15.5. The fourth-order valence-electron chi connectivity index (χ4n) is 3.28. The summed E-state index contributed by atoms with van der Waals surface area (Å²) in [5, 5.41) is 8.20. The second kappa shape index (κ2) is 13.1. The Hall–Kier alpha value is -2.30. The topological polar surface area (TPSA) is 21.8 Å². The van der Waals surface area contributed by atoms with Crippen molar-refractivity contribution >= 4 is 17.1 Å². The summed E-state index contributed by atoms with van der Waals surface area (Å²) in [6.07, 6.45) is 2.13. The fourth-order valence-corrected chi connectivity index (χ4v) is 3.28. The number of hydrazine groups is 1. The van der Waals surface area contributed by atoms with E-state index in [1.807, 2.05) is 27.7 Å². The van der Waals surface area contributed by atoms with Gasteiger partial charge >= 0.3 is 0 Å². The van der Waals surface area contributed by atoms with Gasteiger partial charge in [-0.3, -0.25) is 0 Å². The van der Waals surface area contributed by atoms with Gasteiger partial charge in [-0.05, 0) is 42.7 Å². The Labute approximate surface area is 185 Å². The van der Waals surface area contributed by atoms with Crippen molar-refractivity contribution in [1.82, 2.24) is 10.0 Å². The molecule has 0 amide bonds. The predicted molar refractivity (Wildman–Crippen MR) is 135 cm³/mol. The van der Waals surface area contributed by atoms with Crippen molar-refractivity contribution in [3.63, 3.8) is 0 Å². The first kappa shape index (κ1) is 25.7. The molecule has 1 N–H and O–H groups in total. The Bertz CT molecular complexity index is 778. The average molecular weight is 411 g/mol. The summed E-state index contributed by atoms with van der Waals surface area (Å²) in [5.41, 5.74) is 7.31. The lowest BCUT2D eigenvalue weighted by molar-refractivity contribution is -0.0964. The molecule has 1 aliphatic heterocycles. The van der Waals surface area contributed by atoms with E-state index in [4.69, 9.17) is 0 Å². The highest BCUT2D eigenvalue weighted by Crippen LogP contribution is 2.26. The fraction of sp³-hybridized carbons (Fsp3) is 0.462. The van der Waals surface area contributed by atoms with Crippen LogP contribution in [-0.2, 0) is 6.54 Å². The largest absolute Gasteiger partial charge is 0.377 e. The SMILES string of the molecule is CC.CC.CC=C(Nc1ccc(C)c(N(C)C)c1)c1ccc(CN2CCN2C)cc1. The van der Waals surface area contributed by atoms with E-state index in [1.165, 1.54) is 22.4 Å². The van der Waals surface area contributed by atoms with Crippen molar-refractivity contribution in [2.75, 3.05) is 44.4 Å². The zero-order chi connectivity index (χ0) is 22.7. The minimum atomic E-state index is 0.986. The van der Waals surface area contributed by atoms with Crippen LogP contribution in [0.5, 0.6) is 0 Å². The van der Waals surface area contributed by atoms with E-state index in [9.17, 15) is 0 Å². The van der Waals surface area contributed by atoms with Gasteiger partial charge in [0, 0.05) is 57.8 Å². The highest BCUT2D eigenvalue weighted by molar-refractivity contribution is 5.78. The van der Waals surface area contributed by atoms with E-state index in [2.05, 4.69) is 104 Å². The Morgan fingerprint density at radius 3 is 2.10 bits per heavy atom. The molecule has 0 atom stereocenters. The smallest absolute Gasteiger partial charge is 0.0414 e. The van der Waals surface area contributed by atoms with Crippen LogP contribution < -0.4 is 10.2 Å². The molecule has 2 aromatic carbocycles. The van der Waals surface area contributed by atoms with Gasteiger partial charge in [0.2, 0.25) is 0 Å². The summed E-state index contributed by atoms with van der Waals surface area (Å²) in [5.74, 6) is 0. The lowest BCUT2D eigenvalue weighted by Crippen LogP contribution is -2.53. The van der Waals surface area contributed by atoms with E-state index < -0.39 is 0 Å². The Kier molecular flexibility index (Phi) is 11.2. The molecule has 4 heteroatoms. The van der Waals surface area contributed by atoms with Crippen molar-refractivity contribution in [3.8, 4) is 0 Å². The van der Waals surface area contributed by atoms with E-state index in [1.54, 1.807) is 0 Å². The van der Waals surface area contributed by atoms with E-state index in [0.29, 0.717) is 0 Å². The molecule has 0 saturated carbocycles. The first-order valence-electron chi connectivity index (χ1n) is 11.2. The molecule has 1 aliphatic rings. The maximum Gasteiger partial charge on any atom is 0.0414 e. The van der Waals surface area contributed by atoms with Crippen molar-refractivity contribution < 1.29 is 0 Å². The van der Waals surface area contributed by atoms with Gasteiger partial charge in [-0.1, -0.05) is 64.1 Å². The molecule has 0 radical (unpaired) electrons. The average Bonchev–Trinajstić information content (AvgIpc) is 2.79. The number of benzene rings is 2. The lowest BCUT2D eigenvalue weighted by atomic mass is 10.1. The van der Waals surface area contributed by atoms with Crippen LogP contribution in [0.4, 0.5) is 11.4 Å². The molecule has 0 bridgehead atoms. The zero-order valence-corrected chi connectivity index (χ0v) is 20.6. The van der Waals surface area contributed by atoms with Crippen molar-refractivity contribution in [3.05, 3.63) is 65.2 Å². The van der Waals surface area contributed by atoms with Crippen LogP contribution >= 0.6 is 0 Å². The molecule has 30 heavy (non-hydrogen) atoms. The van der Waals surface area contributed by atoms with Crippen molar-refractivity contribution in [1.29, 1.82) is 0 Å². The summed E-state index contributed by atoms with van der Waals surface area (Å²) < 4.78 is 0. The van der Waals surface area contributed by atoms with Gasteiger partial charge < -0.3 is 10.2 Å². The maximum absolute atomic E-state index is 3.57. The molecule has 0 unspecified atom stereocenters. The number of aryl methyl sites for hydroxylation is 1. The number of hydrogen-bond donors (Lipinski definition) is 1. The van der Waals surface area contributed by atoms with Crippen LogP contribution in [-0.4, -0.2) is 44.3 Å². The standard InChI is InChI=1S/C22H30N4.2C2H6/c1-6-21(23-20-12-7-17(2)22(15-20)24(3)4)19-10-8-18(9-11-19)16-26-14-13-25(26)5;2*1-2/h6-12,15,23H,13-14,16H2,1-5H3;2*1-2H3. The van der Waals surface area contributed by atoms with Crippen LogP contribution in [0.2, 0.25) is 0 Å². The highest BCUT2D eigenvalue weighted by atomic mass is 15.7. The molecule has 2 aromatic rings. The highest BCUT2D eigenvalue weighted by Gasteiger charge is 2.20. The third-order valence-electron chi connectivity index (χ3n) is 5.05. The summed E-state index contributed by atoms with van der Waals surface area (Å²) in [7, 11) is 6.30. The molecule has 3 rings (SSSR count). The molecular weight excluding hydrogens is 368 g/mol. The first-order chi connectivity index (χ1) is 14.5. The Balaban J connectivity index is 0.00000106. The van der Waals surface area contributed by atoms with Gasteiger partial charge in [-0.2, -0.15) is 0 Å². The monoisotopic (exact) mass is 410 g/mol. The second-order valence-electron chi connectivity index (χ2n) is 7.19. The molecule has 0 aromatic heterocycles. The molecule has 0 spiro atoms. The number of rotatable bonds is 6. The van der Waals surface area contributed by atoms with Gasteiger partial charge in [0.1, 0.15) is 0 Å². The minimum absolute atomic E-state index is 0.986. The third kappa shape index (κ3) is 6.89. The normalized spacial score (nSPS) is 14.0. The van der Waals surface area contributed by atoms with Gasteiger partial charge in [0.25, 0.3) is 0 Å². The van der Waals surface area contributed by atoms with Crippen LogP contribution in [0, 0.1) is 6.92 Å². The lowest BCUT2D eigenvalue weighted by Gasteiger charge is -2.41. The molecule has 1 saturated heterocycles. The van der Waals surface area contributed by atoms with Crippen molar-refractivity contribution in [2.45, 2.75) is 48.1 Å². The maximum atomic E-state index is 3.57. The predicted octanol–water partition coefficient (Wildman–Crippen LogP) is 6.25. The molecule has 166 valence electrons. The number of nitrogens with zero attached hydrogens (tertiary/aromatic N) is 3.